The fourth-order valence-corrected chi connectivity index (χ4v) is 3.01. The van der Waals surface area contributed by atoms with Gasteiger partial charge >= 0.3 is 0 Å². The quantitative estimate of drug-likeness (QED) is 0.852. The highest BCUT2D eigenvalue weighted by molar-refractivity contribution is 5.85. The molecule has 2 heterocycles. The number of hydrogen-bond acceptors (Lipinski definition) is 4. The Balaban J connectivity index is 1.83. The minimum Gasteiger partial charge on any atom is -0.340 e. The van der Waals surface area contributed by atoms with E-state index in [1.807, 2.05) is 0 Å². The summed E-state index contributed by atoms with van der Waals surface area (Å²) in [5.74, 6) is 1.19. The summed E-state index contributed by atoms with van der Waals surface area (Å²) in [6.07, 6.45) is 2.46. The van der Waals surface area contributed by atoms with Gasteiger partial charge in [0.1, 0.15) is 0 Å². The molecule has 114 valence electrons. The molecular formula is C17H26N4. The van der Waals surface area contributed by atoms with Crippen LogP contribution in [0.5, 0.6) is 0 Å². The lowest BCUT2D eigenvalue weighted by molar-refractivity contribution is 0.193. The molecule has 0 aromatic heterocycles. The molecule has 0 atom stereocenters. The van der Waals surface area contributed by atoms with Gasteiger partial charge in [0, 0.05) is 39.3 Å². The van der Waals surface area contributed by atoms with Crippen molar-refractivity contribution in [1.29, 1.82) is 0 Å². The van der Waals surface area contributed by atoms with Crippen LogP contribution in [0.25, 0.3) is 0 Å². The van der Waals surface area contributed by atoms with Crippen LogP contribution in [0.2, 0.25) is 0 Å². The van der Waals surface area contributed by atoms with Crippen LogP contribution in [0.4, 0.5) is 5.69 Å². The average molecular weight is 286 g/mol. The number of likely N-dealkylation sites (N-methyl/N-ethyl adjacent to an activating group) is 1. The first-order chi connectivity index (χ1) is 10.3. The number of para-hydroxylation sites is 1. The second-order valence-electron chi connectivity index (χ2n) is 6.11. The summed E-state index contributed by atoms with van der Waals surface area (Å²) in [6, 6.07) is 8.56. The van der Waals surface area contributed by atoms with Crippen LogP contribution < -0.4 is 0 Å². The van der Waals surface area contributed by atoms with Gasteiger partial charge in [-0.15, -0.1) is 0 Å². The Labute approximate surface area is 128 Å². The van der Waals surface area contributed by atoms with E-state index in [9.17, 15) is 0 Å². The van der Waals surface area contributed by atoms with Crippen LogP contribution in [0.1, 0.15) is 25.3 Å². The Morgan fingerprint density at radius 1 is 1.10 bits per heavy atom. The monoisotopic (exact) mass is 286 g/mol. The summed E-state index contributed by atoms with van der Waals surface area (Å²) in [7, 11) is 2.20. The van der Waals surface area contributed by atoms with E-state index in [2.05, 4.69) is 52.9 Å². The number of aliphatic imine (C=N–C) groups is 1. The number of hydrogen-bond donors (Lipinski definition) is 0. The predicted octanol–water partition coefficient (Wildman–Crippen LogP) is 2.54. The fourth-order valence-electron chi connectivity index (χ4n) is 3.01. The molecule has 0 unspecified atom stereocenters. The number of piperazine rings is 1. The van der Waals surface area contributed by atoms with Crippen molar-refractivity contribution in [2.24, 2.45) is 4.99 Å². The number of unbranched alkanes of at least 4 members (excludes halogenated alkanes) is 1. The molecule has 1 saturated heterocycles. The summed E-state index contributed by atoms with van der Waals surface area (Å²) in [5.41, 5.74) is 2.51. The van der Waals surface area contributed by atoms with E-state index in [0.717, 1.165) is 45.0 Å². The topological polar surface area (TPSA) is 22.1 Å². The molecule has 0 radical (unpaired) electrons. The number of nitrogens with zero attached hydrogens (tertiary/aromatic N) is 4. The Kier molecular flexibility index (Phi) is 4.44. The molecule has 0 amide bonds. The molecule has 1 fully saturated rings. The van der Waals surface area contributed by atoms with E-state index in [1.54, 1.807) is 0 Å². The van der Waals surface area contributed by atoms with Gasteiger partial charge in [-0.25, -0.2) is 4.99 Å². The second-order valence-corrected chi connectivity index (χ2v) is 6.11. The Morgan fingerprint density at radius 2 is 1.86 bits per heavy atom. The van der Waals surface area contributed by atoms with Crippen molar-refractivity contribution in [1.82, 2.24) is 14.7 Å². The van der Waals surface area contributed by atoms with Gasteiger partial charge in [0.05, 0.1) is 5.69 Å². The molecule has 0 saturated carbocycles. The van der Waals surface area contributed by atoms with Crippen molar-refractivity contribution in [3.63, 3.8) is 0 Å². The first kappa shape index (κ1) is 14.4. The molecule has 21 heavy (non-hydrogen) atoms. The lowest BCUT2D eigenvalue weighted by atomic mass is 10.1. The van der Waals surface area contributed by atoms with Crippen molar-refractivity contribution in [2.45, 2.75) is 26.3 Å². The van der Waals surface area contributed by atoms with Gasteiger partial charge < -0.3 is 14.7 Å². The minimum atomic E-state index is 1.00. The van der Waals surface area contributed by atoms with Gasteiger partial charge in [0.2, 0.25) is 5.96 Å². The number of rotatable bonds is 3. The lowest BCUT2D eigenvalue weighted by Gasteiger charge is -2.40. The summed E-state index contributed by atoms with van der Waals surface area (Å²) in [6.45, 7) is 8.78. The van der Waals surface area contributed by atoms with Crippen LogP contribution >= 0.6 is 0 Å². The number of fused-ring (bicyclic) bond motifs is 1. The maximum Gasteiger partial charge on any atom is 0.202 e. The Bertz CT molecular complexity index is 503. The molecule has 0 aliphatic carbocycles. The smallest absolute Gasteiger partial charge is 0.202 e. The normalized spacial score (nSPS) is 19.4. The molecule has 3 rings (SSSR count). The third kappa shape index (κ3) is 3.21. The molecule has 0 spiro atoms. The molecule has 0 bridgehead atoms. The van der Waals surface area contributed by atoms with E-state index in [-0.39, 0.29) is 0 Å². The molecule has 1 aromatic carbocycles. The lowest BCUT2D eigenvalue weighted by Crippen LogP contribution is -2.53. The maximum atomic E-state index is 4.98. The summed E-state index contributed by atoms with van der Waals surface area (Å²) >= 11 is 0. The molecule has 2 aliphatic heterocycles. The van der Waals surface area contributed by atoms with Gasteiger partial charge in [0.15, 0.2) is 0 Å². The van der Waals surface area contributed by atoms with Crippen molar-refractivity contribution < 1.29 is 0 Å². The molecule has 1 aromatic rings. The highest BCUT2D eigenvalue weighted by Crippen LogP contribution is 2.27. The second kappa shape index (κ2) is 6.48. The maximum absolute atomic E-state index is 4.98. The summed E-state index contributed by atoms with van der Waals surface area (Å²) in [5, 5.41) is 0. The first-order valence-corrected chi connectivity index (χ1v) is 8.13. The number of guanidine groups is 1. The highest BCUT2D eigenvalue weighted by Gasteiger charge is 2.25. The van der Waals surface area contributed by atoms with Crippen molar-refractivity contribution >= 4 is 11.6 Å². The SMILES string of the molecule is CCCCN1Cc2ccccc2N=C1N1CCN(C)CC1. The standard InChI is InChI=1S/C17H26N4/c1-3-4-9-21-14-15-7-5-6-8-16(15)18-17(21)20-12-10-19(2)11-13-20/h5-8H,3-4,9-14H2,1-2H3. The average Bonchev–Trinajstić information content (AvgIpc) is 2.53. The minimum absolute atomic E-state index is 1.00. The van der Waals surface area contributed by atoms with E-state index in [4.69, 9.17) is 4.99 Å². The van der Waals surface area contributed by atoms with E-state index in [1.165, 1.54) is 24.4 Å². The van der Waals surface area contributed by atoms with Gasteiger partial charge in [-0.3, -0.25) is 0 Å². The van der Waals surface area contributed by atoms with E-state index >= 15 is 0 Å². The van der Waals surface area contributed by atoms with Crippen molar-refractivity contribution in [2.75, 3.05) is 39.8 Å². The third-order valence-corrected chi connectivity index (χ3v) is 4.42. The summed E-state index contributed by atoms with van der Waals surface area (Å²) < 4.78 is 0. The van der Waals surface area contributed by atoms with Crippen molar-refractivity contribution in [3.8, 4) is 0 Å². The van der Waals surface area contributed by atoms with Crippen LogP contribution in [0.3, 0.4) is 0 Å². The zero-order valence-electron chi connectivity index (χ0n) is 13.3. The molecule has 2 aliphatic rings. The first-order valence-electron chi connectivity index (χ1n) is 8.13. The van der Waals surface area contributed by atoms with Gasteiger partial charge in [-0.2, -0.15) is 0 Å². The van der Waals surface area contributed by atoms with Crippen LogP contribution in [0, 0.1) is 0 Å². The predicted molar refractivity (Wildman–Crippen MR) is 87.9 cm³/mol. The van der Waals surface area contributed by atoms with Crippen molar-refractivity contribution in [3.05, 3.63) is 29.8 Å². The van der Waals surface area contributed by atoms with Gasteiger partial charge in [-0.05, 0) is 25.1 Å². The Morgan fingerprint density at radius 3 is 2.62 bits per heavy atom. The Hall–Kier alpha value is -1.55. The zero-order valence-corrected chi connectivity index (χ0v) is 13.3. The molecular weight excluding hydrogens is 260 g/mol. The molecule has 4 heteroatoms. The third-order valence-electron chi connectivity index (χ3n) is 4.42. The summed E-state index contributed by atoms with van der Waals surface area (Å²) in [4.78, 5) is 12.3. The number of benzene rings is 1. The van der Waals surface area contributed by atoms with Crippen LogP contribution in [0.15, 0.2) is 29.3 Å². The molecule has 0 N–H and O–H groups in total. The molecule has 4 nitrogen and oxygen atoms in total. The van der Waals surface area contributed by atoms with Crippen LogP contribution in [-0.2, 0) is 6.54 Å². The fraction of sp³-hybridized carbons (Fsp3) is 0.588. The highest BCUT2D eigenvalue weighted by atomic mass is 15.4. The van der Waals surface area contributed by atoms with Gasteiger partial charge in [0.25, 0.3) is 0 Å². The van der Waals surface area contributed by atoms with Crippen LogP contribution in [-0.4, -0.2) is 60.4 Å². The zero-order chi connectivity index (χ0) is 14.7. The van der Waals surface area contributed by atoms with E-state index in [0.29, 0.717) is 0 Å². The largest absolute Gasteiger partial charge is 0.340 e. The van der Waals surface area contributed by atoms with Gasteiger partial charge in [-0.1, -0.05) is 31.5 Å². The van der Waals surface area contributed by atoms with E-state index < -0.39 is 0 Å².